The molecule has 3 aromatic rings. The Kier molecular flexibility index (Phi) is 5.73. The van der Waals surface area contributed by atoms with Gasteiger partial charge in [-0.1, -0.05) is 46.3 Å². The van der Waals surface area contributed by atoms with Gasteiger partial charge in [0, 0.05) is 18.9 Å². The highest BCUT2D eigenvalue weighted by Crippen LogP contribution is 2.23. The fourth-order valence-electron chi connectivity index (χ4n) is 2.59. The van der Waals surface area contributed by atoms with Gasteiger partial charge in [-0.05, 0) is 18.1 Å². The highest BCUT2D eigenvalue weighted by Gasteiger charge is 2.18. The van der Waals surface area contributed by atoms with E-state index in [4.69, 9.17) is 4.74 Å². The Morgan fingerprint density at radius 1 is 1.23 bits per heavy atom. The van der Waals surface area contributed by atoms with Crippen molar-refractivity contribution in [2.45, 2.75) is 19.6 Å². The number of ether oxygens (including phenoxy) is 1. The number of carbonyl (C=O) groups excluding carboxylic acids is 1. The Morgan fingerprint density at radius 2 is 1.96 bits per heavy atom. The van der Waals surface area contributed by atoms with Crippen molar-refractivity contribution in [2.24, 2.45) is 7.05 Å². The molecule has 0 spiro atoms. The van der Waals surface area contributed by atoms with Crippen molar-refractivity contribution in [2.75, 3.05) is 5.33 Å². The largest absolute Gasteiger partial charge is 0.457 e. The molecule has 0 aliphatic carbocycles. The number of hydrogen-bond acceptors (Lipinski definition) is 5. The maximum Gasteiger partial charge on any atom is 0.348 e. The molecule has 0 saturated carbocycles. The predicted octanol–water partition coefficient (Wildman–Crippen LogP) is 2.90. The fraction of sp³-hybridized carbons (Fsp3) is 0.278. The van der Waals surface area contributed by atoms with Crippen molar-refractivity contribution in [3.8, 4) is 0 Å². The summed E-state index contributed by atoms with van der Waals surface area (Å²) in [5.74, 6) is -0.506. The lowest BCUT2D eigenvalue weighted by Crippen LogP contribution is -2.38. The summed E-state index contributed by atoms with van der Waals surface area (Å²) in [6.45, 7) is 0.485. The Labute approximate surface area is 161 Å². The van der Waals surface area contributed by atoms with Crippen LogP contribution in [0.25, 0.3) is 10.2 Å². The summed E-state index contributed by atoms with van der Waals surface area (Å²) in [6.07, 6.45) is 0.663. The SMILES string of the molecule is Cn1c(=O)n(CCCBr)c(=O)c2cc(C(=O)OCc3ccccc3)sc21. The third-order valence-electron chi connectivity index (χ3n) is 3.94. The first-order chi connectivity index (χ1) is 12.5. The monoisotopic (exact) mass is 436 g/mol. The van der Waals surface area contributed by atoms with Gasteiger partial charge in [0.2, 0.25) is 0 Å². The van der Waals surface area contributed by atoms with E-state index in [0.29, 0.717) is 33.4 Å². The van der Waals surface area contributed by atoms with Crippen LogP contribution in [-0.2, 0) is 24.9 Å². The lowest BCUT2D eigenvalue weighted by atomic mass is 10.2. The number of alkyl halides is 1. The van der Waals surface area contributed by atoms with Crippen molar-refractivity contribution >= 4 is 43.5 Å². The molecule has 1 aromatic carbocycles. The van der Waals surface area contributed by atoms with Gasteiger partial charge in [-0.15, -0.1) is 11.3 Å². The maximum absolute atomic E-state index is 12.6. The van der Waals surface area contributed by atoms with E-state index in [1.165, 1.54) is 15.2 Å². The van der Waals surface area contributed by atoms with Crippen LogP contribution in [0.4, 0.5) is 0 Å². The summed E-state index contributed by atoms with van der Waals surface area (Å²) in [5.41, 5.74) is 0.128. The molecule has 0 atom stereocenters. The van der Waals surface area contributed by atoms with Crippen molar-refractivity contribution in [1.29, 1.82) is 0 Å². The zero-order valence-electron chi connectivity index (χ0n) is 14.1. The molecular weight excluding hydrogens is 420 g/mol. The summed E-state index contributed by atoms with van der Waals surface area (Å²) in [5, 5.41) is 1.06. The molecule has 6 nitrogen and oxygen atoms in total. The Balaban J connectivity index is 1.92. The van der Waals surface area contributed by atoms with Gasteiger partial charge in [0.05, 0.1) is 5.39 Å². The molecule has 136 valence electrons. The van der Waals surface area contributed by atoms with E-state index in [9.17, 15) is 14.4 Å². The summed E-state index contributed by atoms with van der Waals surface area (Å²) in [4.78, 5) is 38.1. The van der Waals surface area contributed by atoms with Crippen LogP contribution in [0.1, 0.15) is 21.7 Å². The van der Waals surface area contributed by atoms with Gasteiger partial charge in [-0.3, -0.25) is 13.9 Å². The van der Waals surface area contributed by atoms with Gasteiger partial charge in [-0.25, -0.2) is 9.59 Å². The Morgan fingerprint density at radius 3 is 2.65 bits per heavy atom. The average Bonchev–Trinajstić information content (AvgIpc) is 3.11. The van der Waals surface area contributed by atoms with E-state index in [0.717, 1.165) is 16.9 Å². The zero-order valence-corrected chi connectivity index (χ0v) is 16.5. The molecule has 0 saturated heterocycles. The molecule has 2 aromatic heterocycles. The molecule has 0 radical (unpaired) electrons. The van der Waals surface area contributed by atoms with Crippen molar-refractivity contribution in [3.05, 3.63) is 67.7 Å². The molecule has 0 bridgehead atoms. The van der Waals surface area contributed by atoms with Gasteiger partial charge in [0.25, 0.3) is 5.56 Å². The molecule has 2 heterocycles. The number of nitrogens with zero attached hydrogens (tertiary/aromatic N) is 2. The van der Waals surface area contributed by atoms with Crippen LogP contribution in [0.3, 0.4) is 0 Å². The van der Waals surface area contributed by atoms with Crippen LogP contribution in [0.2, 0.25) is 0 Å². The number of aromatic nitrogens is 2. The number of benzene rings is 1. The Hall–Kier alpha value is -2.19. The number of aryl methyl sites for hydroxylation is 1. The fourth-order valence-corrected chi connectivity index (χ4v) is 3.84. The van der Waals surface area contributed by atoms with Gasteiger partial charge < -0.3 is 4.74 Å². The highest BCUT2D eigenvalue weighted by atomic mass is 79.9. The van der Waals surface area contributed by atoms with Crippen LogP contribution in [0, 0.1) is 0 Å². The molecule has 0 fully saturated rings. The summed E-state index contributed by atoms with van der Waals surface area (Å²) >= 11 is 4.39. The molecule has 0 amide bonds. The summed E-state index contributed by atoms with van der Waals surface area (Å²) in [7, 11) is 1.60. The number of halogens is 1. The summed E-state index contributed by atoms with van der Waals surface area (Å²) < 4.78 is 7.93. The molecule has 0 unspecified atom stereocenters. The van der Waals surface area contributed by atoms with Crippen LogP contribution < -0.4 is 11.2 Å². The van der Waals surface area contributed by atoms with Crippen LogP contribution in [-0.4, -0.2) is 20.4 Å². The standard InChI is InChI=1S/C18H17BrN2O4S/c1-20-16-13(15(22)21(18(20)24)9-5-8-19)10-14(26-16)17(23)25-11-12-6-3-2-4-7-12/h2-4,6-7,10H,5,8-9,11H2,1H3. The number of carbonyl (C=O) groups is 1. The smallest absolute Gasteiger partial charge is 0.348 e. The molecule has 26 heavy (non-hydrogen) atoms. The van der Waals surface area contributed by atoms with E-state index in [1.54, 1.807) is 7.05 Å². The Bertz CT molecular complexity index is 1050. The molecule has 0 aliphatic heterocycles. The van der Waals surface area contributed by atoms with E-state index < -0.39 is 5.97 Å². The first-order valence-corrected chi connectivity index (χ1v) is 9.97. The second-order valence-corrected chi connectivity index (χ2v) is 7.56. The second-order valence-electron chi connectivity index (χ2n) is 5.73. The van der Waals surface area contributed by atoms with Gasteiger partial charge >= 0.3 is 11.7 Å². The normalized spacial score (nSPS) is 11.0. The summed E-state index contributed by atoms with van der Waals surface area (Å²) in [6, 6.07) is 10.9. The third kappa shape index (κ3) is 3.66. The predicted molar refractivity (Wildman–Crippen MR) is 105 cm³/mol. The van der Waals surface area contributed by atoms with E-state index in [2.05, 4.69) is 15.9 Å². The molecular formula is C18H17BrN2O4S. The van der Waals surface area contributed by atoms with Gasteiger partial charge in [-0.2, -0.15) is 0 Å². The average molecular weight is 437 g/mol. The zero-order chi connectivity index (χ0) is 18.7. The topological polar surface area (TPSA) is 70.3 Å². The third-order valence-corrected chi connectivity index (χ3v) is 5.69. The number of rotatable bonds is 6. The van der Waals surface area contributed by atoms with Gasteiger partial charge in [0.15, 0.2) is 0 Å². The van der Waals surface area contributed by atoms with E-state index in [-0.39, 0.29) is 17.9 Å². The lowest BCUT2D eigenvalue weighted by molar-refractivity contribution is 0.0478. The molecule has 0 aliphatic rings. The van der Waals surface area contributed by atoms with Crippen LogP contribution in [0.15, 0.2) is 46.0 Å². The van der Waals surface area contributed by atoms with Crippen molar-refractivity contribution in [3.63, 3.8) is 0 Å². The molecule has 8 heteroatoms. The minimum atomic E-state index is -0.506. The quantitative estimate of drug-likeness (QED) is 0.439. The first-order valence-electron chi connectivity index (χ1n) is 8.03. The molecule has 0 N–H and O–H groups in total. The molecule has 3 rings (SSSR count). The van der Waals surface area contributed by atoms with Crippen LogP contribution in [0.5, 0.6) is 0 Å². The maximum atomic E-state index is 12.6. The highest BCUT2D eigenvalue weighted by molar-refractivity contribution is 9.09. The number of fused-ring (bicyclic) bond motifs is 1. The number of hydrogen-bond donors (Lipinski definition) is 0. The van der Waals surface area contributed by atoms with E-state index in [1.807, 2.05) is 30.3 Å². The minimum Gasteiger partial charge on any atom is -0.457 e. The van der Waals surface area contributed by atoms with Crippen molar-refractivity contribution in [1.82, 2.24) is 9.13 Å². The van der Waals surface area contributed by atoms with Crippen molar-refractivity contribution < 1.29 is 9.53 Å². The first kappa shape index (κ1) is 18.6. The number of thiophene rings is 1. The van der Waals surface area contributed by atoms with E-state index >= 15 is 0 Å². The van der Waals surface area contributed by atoms with Gasteiger partial charge in [0.1, 0.15) is 16.3 Å². The second kappa shape index (κ2) is 8.01. The minimum absolute atomic E-state index is 0.155. The van der Waals surface area contributed by atoms with Crippen LogP contribution >= 0.6 is 27.3 Å². The number of esters is 1. The lowest BCUT2D eigenvalue weighted by Gasteiger charge is -2.06.